The van der Waals surface area contributed by atoms with Gasteiger partial charge in [0, 0.05) is 35.2 Å². The van der Waals surface area contributed by atoms with Crippen molar-refractivity contribution in [2.45, 2.75) is 6.92 Å². The lowest BCUT2D eigenvalue weighted by Crippen LogP contribution is -2.43. The zero-order valence-corrected chi connectivity index (χ0v) is 15.1. The number of hydrogen-bond acceptors (Lipinski definition) is 7. The van der Waals surface area contributed by atoms with Crippen molar-refractivity contribution in [2.75, 3.05) is 6.61 Å². The van der Waals surface area contributed by atoms with Crippen LogP contribution in [-0.4, -0.2) is 23.3 Å². The van der Waals surface area contributed by atoms with E-state index in [-0.39, 0.29) is 11.3 Å². The molecule has 10 heteroatoms. The minimum Gasteiger partial charge on any atom is -0.484 e. The van der Waals surface area contributed by atoms with Crippen LogP contribution in [0, 0.1) is 17.0 Å². The maximum absolute atomic E-state index is 12.0. The third kappa shape index (κ3) is 4.75. The first-order valence-corrected chi connectivity index (χ1v) is 8.34. The Balaban J connectivity index is 1.57. The van der Waals surface area contributed by atoms with Gasteiger partial charge in [-0.05, 0) is 30.7 Å². The first-order valence-electron chi connectivity index (χ1n) is 8.34. The van der Waals surface area contributed by atoms with Crippen LogP contribution in [0.25, 0.3) is 11.0 Å². The van der Waals surface area contributed by atoms with Crippen LogP contribution in [0.3, 0.4) is 0 Å². The van der Waals surface area contributed by atoms with Crippen LogP contribution in [0.15, 0.2) is 57.7 Å². The fourth-order valence-electron chi connectivity index (χ4n) is 2.54. The van der Waals surface area contributed by atoms with Gasteiger partial charge in [0.1, 0.15) is 11.3 Å². The molecule has 1 aromatic heterocycles. The second kappa shape index (κ2) is 8.21. The number of nitrogens with one attached hydrogen (secondary N) is 2. The third-order valence-corrected chi connectivity index (χ3v) is 3.93. The molecule has 0 atom stereocenters. The molecule has 3 rings (SSSR count). The molecule has 0 radical (unpaired) electrons. The summed E-state index contributed by atoms with van der Waals surface area (Å²) in [5.41, 5.74) is 4.65. The van der Waals surface area contributed by atoms with Gasteiger partial charge in [0.25, 0.3) is 17.5 Å². The van der Waals surface area contributed by atoms with Crippen molar-refractivity contribution in [3.05, 3.63) is 80.2 Å². The van der Waals surface area contributed by atoms with E-state index in [9.17, 15) is 24.5 Å². The number of nitrogens with zero attached hydrogens (tertiary/aromatic N) is 1. The molecule has 2 amide bonds. The maximum atomic E-state index is 12.0. The van der Waals surface area contributed by atoms with Gasteiger partial charge in [-0.25, -0.2) is 4.79 Å². The molecule has 2 N–H and O–H groups in total. The van der Waals surface area contributed by atoms with Crippen molar-refractivity contribution in [1.29, 1.82) is 0 Å². The van der Waals surface area contributed by atoms with E-state index in [1.54, 1.807) is 19.1 Å². The Morgan fingerprint density at radius 3 is 2.69 bits per heavy atom. The molecule has 0 bridgehead atoms. The summed E-state index contributed by atoms with van der Waals surface area (Å²) in [4.78, 5) is 45.4. The third-order valence-electron chi connectivity index (χ3n) is 3.93. The Labute approximate surface area is 163 Å². The zero-order chi connectivity index (χ0) is 21.0. The number of nitro benzene ring substituents is 1. The fraction of sp³-hybridized carbons (Fsp3) is 0.105. The highest BCUT2D eigenvalue weighted by molar-refractivity contribution is 5.96. The molecule has 2 aromatic carbocycles. The summed E-state index contributed by atoms with van der Waals surface area (Å²) in [7, 11) is 0. The van der Waals surface area contributed by atoms with Crippen molar-refractivity contribution >= 4 is 28.5 Å². The molecule has 0 aliphatic rings. The van der Waals surface area contributed by atoms with E-state index in [0.717, 1.165) is 17.0 Å². The summed E-state index contributed by atoms with van der Waals surface area (Å²) in [5, 5.41) is 11.5. The normalized spacial score (nSPS) is 10.4. The van der Waals surface area contributed by atoms with Gasteiger partial charge in [-0.3, -0.25) is 30.6 Å². The number of carbonyl (C=O) groups excluding carboxylic acids is 2. The molecule has 0 saturated carbocycles. The van der Waals surface area contributed by atoms with Crippen molar-refractivity contribution < 1.29 is 23.7 Å². The highest BCUT2D eigenvalue weighted by Crippen LogP contribution is 2.22. The standard InChI is InChI=1S/C19H15N3O7/c1-11-7-18(24)29-16-9-14(5-6-15(11)16)28-10-17(23)20-21-19(25)12-3-2-4-13(8-12)22(26)27/h2-9H,10H2,1H3,(H,20,23)(H,21,25). The number of non-ortho nitro benzene ring substituents is 1. The molecule has 0 unspecified atom stereocenters. The largest absolute Gasteiger partial charge is 0.484 e. The highest BCUT2D eigenvalue weighted by atomic mass is 16.6. The van der Waals surface area contributed by atoms with E-state index < -0.39 is 29.0 Å². The molecular weight excluding hydrogens is 382 g/mol. The SMILES string of the molecule is Cc1cc(=O)oc2cc(OCC(=O)NNC(=O)c3cccc([N+](=O)[O-])c3)ccc12. The molecule has 0 aliphatic carbocycles. The molecule has 0 saturated heterocycles. The average Bonchev–Trinajstić information content (AvgIpc) is 2.70. The minimum absolute atomic E-state index is 0.0142. The Morgan fingerprint density at radius 2 is 1.93 bits per heavy atom. The van der Waals surface area contributed by atoms with Crippen LogP contribution in [0.1, 0.15) is 15.9 Å². The Hall–Kier alpha value is -4.21. The molecular formula is C19H15N3O7. The number of nitro groups is 1. The second-order valence-corrected chi connectivity index (χ2v) is 6.00. The summed E-state index contributed by atoms with van der Waals surface area (Å²) >= 11 is 0. The van der Waals surface area contributed by atoms with Crippen molar-refractivity contribution in [1.82, 2.24) is 10.9 Å². The molecule has 0 spiro atoms. The minimum atomic E-state index is -0.718. The Kier molecular flexibility index (Phi) is 5.54. The number of ether oxygens (including phenoxy) is 1. The molecule has 3 aromatic rings. The number of fused-ring (bicyclic) bond motifs is 1. The number of aryl methyl sites for hydroxylation is 1. The van der Waals surface area contributed by atoms with E-state index in [2.05, 4.69) is 10.9 Å². The molecule has 0 fully saturated rings. The topological polar surface area (TPSA) is 141 Å². The van der Waals surface area contributed by atoms with Crippen LogP contribution in [0.5, 0.6) is 5.75 Å². The van der Waals surface area contributed by atoms with Crippen LogP contribution < -0.4 is 21.2 Å². The summed E-state index contributed by atoms with van der Waals surface area (Å²) in [5.74, 6) is -1.08. The number of rotatable bonds is 5. The number of carbonyl (C=O) groups is 2. The summed E-state index contributed by atoms with van der Waals surface area (Å²) in [6, 6.07) is 11.2. The average molecular weight is 397 g/mol. The van der Waals surface area contributed by atoms with E-state index in [1.165, 1.54) is 30.3 Å². The second-order valence-electron chi connectivity index (χ2n) is 6.00. The predicted molar refractivity (Wildman–Crippen MR) is 101 cm³/mol. The van der Waals surface area contributed by atoms with Gasteiger partial charge in [-0.1, -0.05) is 6.07 Å². The van der Waals surface area contributed by atoms with Gasteiger partial charge in [0.2, 0.25) is 0 Å². The van der Waals surface area contributed by atoms with Crippen LogP contribution in [-0.2, 0) is 4.79 Å². The molecule has 10 nitrogen and oxygen atoms in total. The van der Waals surface area contributed by atoms with Gasteiger partial charge >= 0.3 is 5.63 Å². The van der Waals surface area contributed by atoms with Gasteiger partial charge < -0.3 is 9.15 Å². The van der Waals surface area contributed by atoms with E-state index >= 15 is 0 Å². The lowest BCUT2D eigenvalue weighted by Gasteiger charge is -2.09. The number of hydrogen-bond donors (Lipinski definition) is 2. The van der Waals surface area contributed by atoms with Crippen molar-refractivity contribution in [3.63, 3.8) is 0 Å². The van der Waals surface area contributed by atoms with Crippen LogP contribution in [0.2, 0.25) is 0 Å². The molecule has 0 aliphatic heterocycles. The smallest absolute Gasteiger partial charge is 0.336 e. The van der Waals surface area contributed by atoms with E-state index in [0.29, 0.717) is 11.3 Å². The summed E-state index contributed by atoms with van der Waals surface area (Å²) in [6.07, 6.45) is 0. The summed E-state index contributed by atoms with van der Waals surface area (Å²) in [6.45, 7) is 1.36. The van der Waals surface area contributed by atoms with Gasteiger partial charge in [0.15, 0.2) is 6.61 Å². The number of hydrazine groups is 1. The zero-order valence-electron chi connectivity index (χ0n) is 15.1. The van der Waals surface area contributed by atoms with Gasteiger partial charge in [-0.2, -0.15) is 0 Å². The maximum Gasteiger partial charge on any atom is 0.336 e. The molecule has 29 heavy (non-hydrogen) atoms. The van der Waals surface area contributed by atoms with Crippen molar-refractivity contribution in [2.24, 2.45) is 0 Å². The fourth-order valence-corrected chi connectivity index (χ4v) is 2.54. The first-order chi connectivity index (χ1) is 13.8. The van der Waals surface area contributed by atoms with Crippen LogP contribution >= 0.6 is 0 Å². The first kappa shape index (κ1) is 19.5. The van der Waals surface area contributed by atoms with Gasteiger partial charge in [0.05, 0.1) is 4.92 Å². The molecule has 1 heterocycles. The summed E-state index contributed by atoms with van der Waals surface area (Å²) < 4.78 is 10.4. The van der Waals surface area contributed by atoms with E-state index in [1.807, 2.05) is 0 Å². The lowest BCUT2D eigenvalue weighted by atomic mass is 10.1. The van der Waals surface area contributed by atoms with Crippen LogP contribution in [0.4, 0.5) is 5.69 Å². The quantitative estimate of drug-likeness (QED) is 0.380. The Bertz CT molecular complexity index is 1170. The Morgan fingerprint density at radius 1 is 1.14 bits per heavy atom. The van der Waals surface area contributed by atoms with Gasteiger partial charge in [-0.15, -0.1) is 0 Å². The van der Waals surface area contributed by atoms with E-state index in [4.69, 9.17) is 9.15 Å². The number of amides is 2. The monoisotopic (exact) mass is 397 g/mol. The lowest BCUT2D eigenvalue weighted by molar-refractivity contribution is -0.384. The van der Waals surface area contributed by atoms with Crippen molar-refractivity contribution in [3.8, 4) is 5.75 Å². The highest BCUT2D eigenvalue weighted by Gasteiger charge is 2.12. The molecule has 148 valence electrons. The number of benzene rings is 2. The predicted octanol–water partition coefficient (Wildman–Crippen LogP) is 1.85.